The molecule has 0 bridgehead atoms. The van der Waals surface area contributed by atoms with Gasteiger partial charge in [-0.3, -0.25) is 0 Å². The summed E-state index contributed by atoms with van der Waals surface area (Å²) in [6.45, 7) is 8.25. The number of aliphatic carboxylic acids is 1. The summed E-state index contributed by atoms with van der Waals surface area (Å²) in [5.74, 6) is -0.497. The summed E-state index contributed by atoms with van der Waals surface area (Å²) in [6, 6.07) is 7.23. The third-order valence-corrected chi connectivity index (χ3v) is 3.52. The molecule has 0 saturated carbocycles. The number of carboxylic acids is 1. The molecule has 1 aromatic carbocycles. The molecule has 0 amide bonds. The molecule has 1 atom stereocenters. The van der Waals surface area contributed by atoms with Gasteiger partial charge in [0.15, 0.2) is 0 Å². The number of carbonyl (C=O) groups is 2. The van der Waals surface area contributed by atoms with Crippen LogP contribution in [0.3, 0.4) is 0 Å². The second-order valence-electron chi connectivity index (χ2n) is 5.42. The molecule has 5 nitrogen and oxygen atoms in total. The van der Waals surface area contributed by atoms with Gasteiger partial charge in [0.1, 0.15) is 11.9 Å². The summed E-state index contributed by atoms with van der Waals surface area (Å²) in [5, 5.41) is 8.56. The van der Waals surface area contributed by atoms with Crippen molar-refractivity contribution >= 4 is 18.0 Å². The van der Waals surface area contributed by atoms with Crippen molar-refractivity contribution in [3.63, 3.8) is 0 Å². The fourth-order valence-electron chi connectivity index (χ4n) is 2.30. The second kappa shape index (κ2) is 11.1. The van der Waals surface area contributed by atoms with Gasteiger partial charge in [-0.25, -0.2) is 9.59 Å². The van der Waals surface area contributed by atoms with Gasteiger partial charge in [-0.15, -0.1) is 0 Å². The van der Waals surface area contributed by atoms with Crippen LogP contribution in [0.25, 0.3) is 6.08 Å². The minimum atomic E-state index is -0.971. The molecule has 1 aromatic rings. The molecule has 1 unspecified atom stereocenters. The normalized spacial score (nSPS) is 16.3. The summed E-state index contributed by atoms with van der Waals surface area (Å²) < 4.78 is 10.8. The van der Waals surface area contributed by atoms with Crippen LogP contribution in [0, 0.1) is 0 Å². The molecule has 0 radical (unpaired) electrons. The van der Waals surface area contributed by atoms with Crippen LogP contribution in [0.2, 0.25) is 0 Å². The van der Waals surface area contributed by atoms with E-state index < -0.39 is 5.97 Å². The molecule has 1 fully saturated rings. The van der Waals surface area contributed by atoms with Gasteiger partial charge in [0.25, 0.3) is 0 Å². The monoisotopic (exact) mass is 346 g/mol. The number of rotatable bonds is 8. The largest absolute Gasteiger partial charge is 0.494 e. The number of benzene rings is 1. The molecular weight excluding hydrogens is 320 g/mol. The second-order valence-corrected chi connectivity index (χ2v) is 5.42. The molecule has 1 aliphatic rings. The van der Waals surface area contributed by atoms with Gasteiger partial charge in [0.2, 0.25) is 0 Å². The standard InChI is InChI=1S/C18H20O5.C2H6/c1-13-12-16(23-18(13)21)4-2-3-11-22-15-8-5-14(6-9-15)7-10-17(19)20;1-2/h5-10,16H,1-4,11-12H2,(H,19,20);1-2H3/b10-7+;. The number of carbonyl (C=O) groups excluding carboxylic acids is 1. The highest BCUT2D eigenvalue weighted by atomic mass is 16.5. The number of unbranched alkanes of at least 4 members (excludes halogenated alkanes) is 1. The maximum absolute atomic E-state index is 11.2. The molecule has 0 spiro atoms. The van der Waals surface area contributed by atoms with Crippen molar-refractivity contribution in [2.75, 3.05) is 6.61 Å². The Morgan fingerprint density at radius 3 is 2.56 bits per heavy atom. The lowest BCUT2D eigenvalue weighted by atomic mass is 10.1. The van der Waals surface area contributed by atoms with Crippen molar-refractivity contribution in [3.8, 4) is 5.75 Å². The fraction of sp³-hybridized carbons (Fsp3) is 0.400. The van der Waals surface area contributed by atoms with Gasteiger partial charge in [-0.2, -0.15) is 0 Å². The zero-order chi connectivity index (χ0) is 18.7. The average Bonchev–Trinajstić information content (AvgIpc) is 2.93. The van der Waals surface area contributed by atoms with Crippen LogP contribution in [-0.2, 0) is 14.3 Å². The summed E-state index contributed by atoms with van der Waals surface area (Å²) >= 11 is 0. The zero-order valence-corrected chi connectivity index (χ0v) is 14.9. The van der Waals surface area contributed by atoms with E-state index in [1.165, 1.54) is 6.08 Å². The third kappa shape index (κ3) is 7.70. The van der Waals surface area contributed by atoms with E-state index in [4.69, 9.17) is 14.6 Å². The molecule has 0 aliphatic carbocycles. The SMILES string of the molecule is C=C1CC(CCCCOc2ccc(/C=C/C(=O)O)cc2)OC1=O.CC. The van der Waals surface area contributed by atoms with Crippen molar-refractivity contribution < 1.29 is 24.2 Å². The van der Waals surface area contributed by atoms with Crippen molar-refractivity contribution in [3.05, 3.63) is 48.1 Å². The van der Waals surface area contributed by atoms with E-state index in [9.17, 15) is 9.59 Å². The van der Waals surface area contributed by atoms with Crippen molar-refractivity contribution in [1.29, 1.82) is 0 Å². The predicted octanol–water partition coefficient (Wildman–Crippen LogP) is 4.23. The Morgan fingerprint density at radius 1 is 1.32 bits per heavy atom. The predicted molar refractivity (Wildman–Crippen MR) is 97.4 cm³/mol. The Balaban J connectivity index is 0.00000151. The maximum atomic E-state index is 11.2. The first-order chi connectivity index (χ1) is 12.0. The highest BCUT2D eigenvalue weighted by molar-refractivity contribution is 5.89. The Labute approximate surface area is 149 Å². The number of carboxylic acid groups (broad SMARTS) is 1. The number of hydrogen-bond acceptors (Lipinski definition) is 4. The van der Waals surface area contributed by atoms with E-state index in [1.807, 2.05) is 26.0 Å². The minimum Gasteiger partial charge on any atom is -0.494 e. The van der Waals surface area contributed by atoms with Crippen LogP contribution in [0.15, 0.2) is 42.5 Å². The van der Waals surface area contributed by atoms with E-state index >= 15 is 0 Å². The molecule has 5 heteroatoms. The Hall–Kier alpha value is -2.56. The quantitative estimate of drug-likeness (QED) is 0.433. The van der Waals surface area contributed by atoms with Crippen LogP contribution in [0.1, 0.15) is 45.1 Å². The van der Waals surface area contributed by atoms with E-state index in [1.54, 1.807) is 12.1 Å². The first-order valence-electron chi connectivity index (χ1n) is 8.57. The molecule has 1 saturated heterocycles. The summed E-state index contributed by atoms with van der Waals surface area (Å²) in [4.78, 5) is 21.6. The lowest BCUT2D eigenvalue weighted by Crippen LogP contribution is -2.07. The Kier molecular flexibility index (Phi) is 9.07. The Bertz CT molecular complexity index is 585. The number of cyclic esters (lactones) is 1. The van der Waals surface area contributed by atoms with E-state index in [0.29, 0.717) is 18.6 Å². The fourth-order valence-corrected chi connectivity index (χ4v) is 2.30. The first kappa shape index (κ1) is 20.5. The summed E-state index contributed by atoms with van der Waals surface area (Å²) in [5.41, 5.74) is 1.37. The summed E-state index contributed by atoms with van der Waals surface area (Å²) in [7, 11) is 0. The molecule has 25 heavy (non-hydrogen) atoms. The zero-order valence-electron chi connectivity index (χ0n) is 14.9. The smallest absolute Gasteiger partial charge is 0.333 e. The average molecular weight is 346 g/mol. The molecule has 1 heterocycles. The minimum absolute atomic E-state index is 0.0321. The molecule has 0 aromatic heterocycles. The molecule has 1 aliphatic heterocycles. The maximum Gasteiger partial charge on any atom is 0.333 e. The molecule has 1 N–H and O–H groups in total. The van der Waals surface area contributed by atoms with Crippen LogP contribution in [0.5, 0.6) is 5.75 Å². The number of esters is 1. The topological polar surface area (TPSA) is 72.8 Å². The van der Waals surface area contributed by atoms with Crippen molar-refractivity contribution in [1.82, 2.24) is 0 Å². The number of ether oxygens (including phenoxy) is 2. The van der Waals surface area contributed by atoms with Crippen LogP contribution in [-0.4, -0.2) is 29.8 Å². The third-order valence-electron chi connectivity index (χ3n) is 3.52. The highest BCUT2D eigenvalue weighted by Gasteiger charge is 2.26. The summed E-state index contributed by atoms with van der Waals surface area (Å²) in [6.07, 6.45) is 5.85. The first-order valence-corrected chi connectivity index (χ1v) is 8.57. The molecular formula is C20H26O5. The molecule has 2 rings (SSSR count). The van der Waals surface area contributed by atoms with Crippen molar-refractivity contribution in [2.24, 2.45) is 0 Å². The van der Waals surface area contributed by atoms with Crippen molar-refractivity contribution in [2.45, 2.75) is 45.6 Å². The van der Waals surface area contributed by atoms with E-state index in [-0.39, 0.29) is 12.1 Å². The lowest BCUT2D eigenvalue weighted by molar-refractivity contribution is -0.139. The van der Waals surface area contributed by atoms with E-state index in [2.05, 4.69) is 6.58 Å². The van der Waals surface area contributed by atoms with Gasteiger partial charge >= 0.3 is 11.9 Å². The van der Waals surface area contributed by atoms with E-state index in [0.717, 1.165) is 36.7 Å². The van der Waals surface area contributed by atoms with Crippen LogP contribution < -0.4 is 4.74 Å². The molecule has 136 valence electrons. The van der Waals surface area contributed by atoms with Crippen LogP contribution in [0.4, 0.5) is 0 Å². The van der Waals surface area contributed by atoms with Gasteiger partial charge < -0.3 is 14.6 Å². The van der Waals surface area contributed by atoms with Gasteiger partial charge in [-0.1, -0.05) is 32.6 Å². The number of hydrogen-bond donors (Lipinski definition) is 1. The Morgan fingerprint density at radius 2 is 2.00 bits per heavy atom. The van der Waals surface area contributed by atoms with Gasteiger partial charge in [0, 0.05) is 18.1 Å². The van der Waals surface area contributed by atoms with Gasteiger partial charge in [-0.05, 0) is 43.0 Å². The van der Waals surface area contributed by atoms with Gasteiger partial charge in [0.05, 0.1) is 6.61 Å². The lowest BCUT2D eigenvalue weighted by Gasteiger charge is -2.09. The van der Waals surface area contributed by atoms with Crippen LogP contribution >= 0.6 is 0 Å². The highest BCUT2D eigenvalue weighted by Crippen LogP contribution is 2.22.